The highest BCUT2D eigenvalue weighted by molar-refractivity contribution is 5.89. The van der Waals surface area contributed by atoms with Gasteiger partial charge in [-0.1, -0.05) is 68.7 Å². The zero-order valence-electron chi connectivity index (χ0n) is 18.2. The summed E-state index contributed by atoms with van der Waals surface area (Å²) in [6, 6.07) is 7.22. The summed E-state index contributed by atoms with van der Waals surface area (Å²) in [6.07, 6.45) is 12.1. The average Bonchev–Trinajstić information content (AvgIpc) is 3.25. The number of carboxylic acid groups (broad SMARTS) is 1. The van der Waals surface area contributed by atoms with Crippen LogP contribution in [-0.4, -0.2) is 33.5 Å². The van der Waals surface area contributed by atoms with Gasteiger partial charge in [-0.3, -0.25) is 0 Å². The molecule has 30 heavy (non-hydrogen) atoms. The Morgan fingerprint density at radius 3 is 2.77 bits per heavy atom. The van der Waals surface area contributed by atoms with Gasteiger partial charge >= 0.3 is 5.97 Å². The smallest absolute Gasteiger partial charge is 0.335 e. The van der Waals surface area contributed by atoms with Crippen LogP contribution in [0.5, 0.6) is 0 Å². The maximum Gasteiger partial charge on any atom is 0.335 e. The second-order valence-electron chi connectivity index (χ2n) is 9.19. The van der Waals surface area contributed by atoms with Crippen molar-refractivity contribution in [3.63, 3.8) is 0 Å². The van der Waals surface area contributed by atoms with Gasteiger partial charge in [-0.15, -0.1) is 0 Å². The van der Waals surface area contributed by atoms with Crippen LogP contribution in [-0.2, 0) is 6.42 Å². The summed E-state index contributed by atoms with van der Waals surface area (Å²) in [5.41, 5.74) is 2.63. The van der Waals surface area contributed by atoms with E-state index in [0.717, 1.165) is 50.5 Å². The van der Waals surface area contributed by atoms with Gasteiger partial charge in [-0.2, -0.15) is 0 Å². The van der Waals surface area contributed by atoms with Crippen LogP contribution in [0.1, 0.15) is 68.3 Å². The highest BCUT2D eigenvalue weighted by Crippen LogP contribution is 2.48. The lowest BCUT2D eigenvalue weighted by Gasteiger charge is -2.20. The van der Waals surface area contributed by atoms with Crippen LogP contribution < -0.4 is 0 Å². The van der Waals surface area contributed by atoms with E-state index in [4.69, 9.17) is 0 Å². The molecule has 1 aromatic carbocycles. The molecule has 2 aliphatic carbocycles. The van der Waals surface area contributed by atoms with E-state index in [1.54, 1.807) is 12.1 Å². The summed E-state index contributed by atoms with van der Waals surface area (Å²) in [6.45, 7) is 4.25. The number of hydrogen-bond acceptors (Lipinski definition) is 3. The van der Waals surface area contributed by atoms with Gasteiger partial charge in [0, 0.05) is 5.92 Å². The fourth-order valence-corrected chi connectivity index (χ4v) is 5.16. The number of aromatic carboxylic acids is 1. The minimum atomic E-state index is -0.872. The monoisotopic (exact) mass is 412 g/mol. The van der Waals surface area contributed by atoms with Gasteiger partial charge in [0.25, 0.3) is 0 Å². The number of rotatable bonds is 10. The first-order chi connectivity index (χ1) is 14.4. The second-order valence-corrected chi connectivity index (χ2v) is 9.19. The summed E-state index contributed by atoms with van der Waals surface area (Å²) in [7, 11) is 0. The van der Waals surface area contributed by atoms with Crippen molar-refractivity contribution in [2.24, 2.45) is 23.7 Å². The largest absolute Gasteiger partial charge is 0.478 e. The van der Waals surface area contributed by atoms with E-state index in [-0.39, 0.29) is 17.9 Å². The van der Waals surface area contributed by atoms with Crippen molar-refractivity contribution in [2.75, 3.05) is 0 Å². The molecule has 0 aromatic heterocycles. The minimum absolute atomic E-state index is 0.0862. The van der Waals surface area contributed by atoms with Crippen LogP contribution in [0.25, 0.3) is 0 Å². The third-order valence-corrected chi connectivity index (χ3v) is 7.04. The molecule has 0 saturated heterocycles. The maximum atomic E-state index is 11.4. The number of carbonyl (C=O) groups is 1. The first-order valence-corrected chi connectivity index (χ1v) is 11.5. The Hall–Kier alpha value is -1.91. The Morgan fingerprint density at radius 1 is 1.27 bits per heavy atom. The lowest BCUT2D eigenvalue weighted by Crippen LogP contribution is -2.20. The molecular formula is C26H36O4. The molecule has 1 aromatic rings. The molecule has 1 fully saturated rings. The molecule has 0 aliphatic heterocycles. The molecule has 0 bridgehead atoms. The number of allylic oxidation sites excluding steroid dienone is 2. The van der Waals surface area contributed by atoms with Gasteiger partial charge in [-0.05, 0) is 61.5 Å². The van der Waals surface area contributed by atoms with Crippen LogP contribution in [0.2, 0.25) is 0 Å². The highest BCUT2D eigenvalue weighted by atomic mass is 16.4. The molecule has 6 atom stereocenters. The predicted molar refractivity (Wildman–Crippen MR) is 119 cm³/mol. The van der Waals surface area contributed by atoms with E-state index in [0.29, 0.717) is 17.4 Å². The Morgan fingerprint density at radius 2 is 2.03 bits per heavy atom. The van der Waals surface area contributed by atoms with Gasteiger partial charge in [0.2, 0.25) is 0 Å². The van der Waals surface area contributed by atoms with E-state index < -0.39 is 12.1 Å². The van der Waals surface area contributed by atoms with Gasteiger partial charge < -0.3 is 15.3 Å². The Bertz CT molecular complexity index is 781. The van der Waals surface area contributed by atoms with Crippen LogP contribution in [0.15, 0.2) is 48.1 Å². The molecule has 3 N–H and O–H groups in total. The van der Waals surface area contributed by atoms with Crippen molar-refractivity contribution in [2.45, 2.75) is 71.0 Å². The number of carboxylic acids is 1. The molecule has 0 spiro atoms. The second kappa shape index (κ2) is 10.4. The fourth-order valence-electron chi connectivity index (χ4n) is 5.16. The molecular weight excluding hydrogens is 376 g/mol. The van der Waals surface area contributed by atoms with Gasteiger partial charge in [0.1, 0.15) is 0 Å². The van der Waals surface area contributed by atoms with Crippen molar-refractivity contribution in [1.29, 1.82) is 0 Å². The van der Waals surface area contributed by atoms with E-state index >= 15 is 0 Å². The molecule has 4 heteroatoms. The molecule has 1 saturated carbocycles. The van der Waals surface area contributed by atoms with Crippen LogP contribution in [0.3, 0.4) is 0 Å². The standard InChI is InChI=1S/C26H36O4/c1-3-4-7-17(2)24(27)13-12-22-23-15-18(14-20(23)16-25(22)28)10-11-19-8-5-6-9-21(19)26(29)30/h5-6,8-9,12-14,17,20,22-25,27-28H,3-4,7,10-11,15-16H2,1-2H3,(H,29,30)/t17?,20-,22-,23-,24+,25+/m0/s1. The number of fused-ring (bicyclic) bond motifs is 1. The maximum absolute atomic E-state index is 11.4. The average molecular weight is 413 g/mol. The van der Waals surface area contributed by atoms with E-state index in [2.05, 4.69) is 26.0 Å². The number of aliphatic hydroxyl groups excluding tert-OH is 2. The number of benzene rings is 1. The first-order valence-electron chi connectivity index (χ1n) is 11.5. The van der Waals surface area contributed by atoms with Gasteiger partial charge in [0.05, 0.1) is 17.8 Å². The number of aryl methyl sites for hydroxylation is 1. The molecule has 0 amide bonds. The van der Waals surface area contributed by atoms with Crippen LogP contribution >= 0.6 is 0 Å². The van der Waals surface area contributed by atoms with E-state index in [1.807, 2.05) is 18.2 Å². The molecule has 3 rings (SSSR count). The van der Waals surface area contributed by atoms with Crippen molar-refractivity contribution >= 4 is 5.97 Å². The summed E-state index contributed by atoms with van der Waals surface area (Å²) in [5, 5.41) is 30.4. The normalized spacial score (nSPS) is 27.8. The van der Waals surface area contributed by atoms with E-state index in [9.17, 15) is 20.1 Å². The molecule has 164 valence electrons. The highest BCUT2D eigenvalue weighted by Gasteiger charge is 2.43. The number of aliphatic hydroxyl groups is 2. The first kappa shape index (κ1) is 22.8. The summed E-state index contributed by atoms with van der Waals surface area (Å²) in [4.78, 5) is 11.4. The van der Waals surface area contributed by atoms with Crippen molar-refractivity contribution in [3.05, 3.63) is 59.2 Å². The SMILES string of the molecule is CCCCC(C)[C@H](O)C=C[C@H]1[C@H]2CC(CCc3ccccc3C(=O)O)=C[C@H]2C[C@H]1O. The van der Waals surface area contributed by atoms with Crippen molar-refractivity contribution in [1.82, 2.24) is 0 Å². The lowest BCUT2D eigenvalue weighted by molar-refractivity contribution is 0.0695. The molecule has 1 unspecified atom stereocenters. The zero-order chi connectivity index (χ0) is 21.7. The molecule has 0 radical (unpaired) electrons. The van der Waals surface area contributed by atoms with Crippen LogP contribution in [0.4, 0.5) is 0 Å². The predicted octanol–water partition coefficient (Wildman–Crippen LogP) is 5.00. The molecule has 0 heterocycles. The number of hydrogen-bond donors (Lipinski definition) is 3. The number of unbranched alkanes of at least 4 members (excludes halogenated alkanes) is 1. The fraction of sp³-hybridized carbons (Fsp3) is 0.577. The summed E-state index contributed by atoms with van der Waals surface area (Å²) in [5.74, 6) is 0.223. The molecule has 2 aliphatic rings. The summed E-state index contributed by atoms with van der Waals surface area (Å²) < 4.78 is 0. The summed E-state index contributed by atoms with van der Waals surface area (Å²) >= 11 is 0. The van der Waals surface area contributed by atoms with Crippen molar-refractivity contribution < 1.29 is 20.1 Å². The van der Waals surface area contributed by atoms with E-state index in [1.165, 1.54) is 5.57 Å². The van der Waals surface area contributed by atoms with Crippen molar-refractivity contribution in [3.8, 4) is 0 Å². The Labute approximate surface area is 180 Å². The Kier molecular flexibility index (Phi) is 7.90. The topological polar surface area (TPSA) is 77.8 Å². The quantitative estimate of drug-likeness (QED) is 0.472. The minimum Gasteiger partial charge on any atom is -0.478 e. The van der Waals surface area contributed by atoms with Gasteiger partial charge in [0.15, 0.2) is 0 Å². The lowest BCUT2D eigenvalue weighted by atomic mass is 9.87. The third kappa shape index (κ3) is 5.41. The Balaban J connectivity index is 1.57. The molecule has 4 nitrogen and oxygen atoms in total. The zero-order valence-corrected chi connectivity index (χ0v) is 18.2. The van der Waals surface area contributed by atoms with Crippen LogP contribution in [0, 0.1) is 23.7 Å². The van der Waals surface area contributed by atoms with Gasteiger partial charge in [-0.25, -0.2) is 4.79 Å². The third-order valence-electron chi connectivity index (χ3n) is 7.04.